The van der Waals surface area contributed by atoms with Crippen LogP contribution in [0.15, 0.2) is 24.3 Å². The van der Waals surface area contributed by atoms with Crippen LogP contribution in [-0.2, 0) is 19.1 Å². The lowest BCUT2D eigenvalue weighted by Crippen LogP contribution is -2.14. The molecule has 0 aromatic rings. The quantitative estimate of drug-likeness (QED) is 0.424. The first-order chi connectivity index (χ1) is 10.3. The highest BCUT2D eigenvalue weighted by molar-refractivity contribution is 5.87. The third-order valence-electron chi connectivity index (χ3n) is 1.85. The fourth-order valence-electron chi connectivity index (χ4n) is 0.515. The van der Waals surface area contributed by atoms with Crippen molar-refractivity contribution in [3.63, 3.8) is 0 Å². The topological polar surface area (TPSA) is 93.1 Å². The maximum Gasteiger partial charge on any atom is 0.333 e. The lowest BCUT2D eigenvalue weighted by atomic mass is 10.4. The minimum Gasteiger partial charge on any atom is -0.459 e. The van der Waals surface area contributed by atoms with E-state index in [4.69, 9.17) is 10.2 Å². The van der Waals surface area contributed by atoms with E-state index < -0.39 is 11.9 Å². The van der Waals surface area contributed by atoms with Crippen molar-refractivity contribution in [3.8, 4) is 0 Å². The Kier molecular flexibility index (Phi) is 22.2. The van der Waals surface area contributed by atoms with E-state index in [1.165, 1.54) is 12.8 Å². The zero-order valence-corrected chi connectivity index (χ0v) is 14.2. The molecule has 0 aliphatic rings. The SMILES string of the molecule is C=C(C)C(=O)OCCOC(=O)C(=C)C.CCCC.OCCO. The number of carbonyl (C=O) groups is 2. The van der Waals surface area contributed by atoms with Gasteiger partial charge in [0.25, 0.3) is 0 Å². The fourth-order valence-corrected chi connectivity index (χ4v) is 0.515. The molecule has 0 bridgehead atoms. The molecule has 0 aromatic carbocycles. The highest BCUT2D eigenvalue weighted by atomic mass is 16.6. The van der Waals surface area contributed by atoms with Gasteiger partial charge in [-0.2, -0.15) is 0 Å². The summed E-state index contributed by atoms with van der Waals surface area (Å²) in [5.41, 5.74) is 0.632. The molecule has 0 aliphatic carbocycles. The van der Waals surface area contributed by atoms with Crippen LogP contribution in [0, 0.1) is 0 Å². The molecule has 0 aromatic heterocycles. The van der Waals surface area contributed by atoms with Crippen LogP contribution in [0.4, 0.5) is 0 Å². The molecule has 0 saturated carbocycles. The molecule has 0 unspecified atom stereocenters. The van der Waals surface area contributed by atoms with Gasteiger partial charge in [0.2, 0.25) is 0 Å². The molecule has 0 rings (SSSR count). The van der Waals surface area contributed by atoms with Gasteiger partial charge in [-0.15, -0.1) is 0 Å². The number of rotatable bonds is 7. The smallest absolute Gasteiger partial charge is 0.333 e. The van der Waals surface area contributed by atoms with Crippen LogP contribution in [0.1, 0.15) is 40.5 Å². The van der Waals surface area contributed by atoms with Crippen LogP contribution in [-0.4, -0.2) is 48.6 Å². The monoisotopic (exact) mass is 318 g/mol. The Labute approximate surface area is 133 Å². The highest BCUT2D eigenvalue weighted by Crippen LogP contribution is 1.94. The number of aliphatic hydroxyl groups is 2. The summed E-state index contributed by atoms with van der Waals surface area (Å²) >= 11 is 0. The van der Waals surface area contributed by atoms with Gasteiger partial charge >= 0.3 is 11.9 Å². The van der Waals surface area contributed by atoms with Crippen molar-refractivity contribution in [1.82, 2.24) is 0 Å². The first kappa shape index (κ1) is 25.3. The summed E-state index contributed by atoms with van der Waals surface area (Å²) in [6, 6.07) is 0. The number of esters is 2. The second-order valence-electron chi connectivity index (χ2n) is 4.28. The Morgan fingerprint density at radius 2 is 1.09 bits per heavy atom. The Morgan fingerprint density at radius 1 is 0.818 bits per heavy atom. The van der Waals surface area contributed by atoms with Gasteiger partial charge in [0.15, 0.2) is 0 Å². The Hall–Kier alpha value is -1.66. The predicted octanol–water partition coefficient (Wildman–Crippen LogP) is 2.00. The number of hydrogen-bond acceptors (Lipinski definition) is 6. The van der Waals surface area contributed by atoms with E-state index in [0.29, 0.717) is 11.1 Å². The molecule has 130 valence electrons. The van der Waals surface area contributed by atoms with Gasteiger partial charge in [-0.05, 0) is 13.8 Å². The van der Waals surface area contributed by atoms with Gasteiger partial charge in [-0.25, -0.2) is 9.59 Å². The molecule has 0 saturated heterocycles. The van der Waals surface area contributed by atoms with E-state index in [1.807, 2.05) is 0 Å². The summed E-state index contributed by atoms with van der Waals surface area (Å²) in [4.78, 5) is 21.7. The summed E-state index contributed by atoms with van der Waals surface area (Å²) in [7, 11) is 0. The maximum absolute atomic E-state index is 10.8. The van der Waals surface area contributed by atoms with Crippen LogP contribution >= 0.6 is 0 Å². The average molecular weight is 318 g/mol. The van der Waals surface area contributed by atoms with Crippen molar-refractivity contribution in [1.29, 1.82) is 0 Å². The largest absolute Gasteiger partial charge is 0.459 e. The molecule has 0 atom stereocenters. The van der Waals surface area contributed by atoms with Gasteiger partial charge in [0, 0.05) is 11.1 Å². The molecule has 6 heteroatoms. The van der Waals surface area contributed by atoms with Gasteiger partial charge in [-0.1, -0.05) is 39.8 Å². The fraction of sp³-hybridized carbons (Fsp3) is 0.625. The van der Waals surface area contributed by atoms with Gasteiger partial charge in [0.05, 0.1) is 13.2 Å². The minimum absolute atomic E-state index is 0.0325. The zero-order chi connectivity index (χ0) is 18.0. The lowest BCUT2D eigenvalue weighted by molar-refractivity contribution is -0.147. The van der Waals surface area contributed by atoms with Gasteiger partial charge in [0.1, 0.15) is 13.2 Å². The second kappa shape index (κ2) is 19.3. The van der Waals surface area contributed by atoms with E-state index in [0.717, 1.165) is 0 Å². The maximum atomic E-state index is 10.8. The Morgan fingerprint density at radius 3 is 1.23 bits per heavy atom. The summed E-state index contributed by atoms with van der Waals surface area (Å²) in [6.07, 6.45) is 2.64. The first-order valence-electron chi connectivity index (χ1n) is 7.15. The van der Waals surface area contributed by atoms with Crippen LogP contribution in [0.3, 0.4) is 0 Å². The molecular weight excluding hydrogens is 288 g/mol. The van der Waals surface area contributed by atoms with Gasteiger partial charge < -0.3 is 19.7 Å². The van der Waals surface area contributed by atoms with Crippen molar-refractivity contribution in [2.24, 2.45) is 0 Å². The van der Waals surface area contributed by atoms with Crippen molar-refractivity contribution in [2.75, 3.05) is 26.4 Å². The van der Waals surface area contributed by atoms with Crippen molar-refractivity contribution >= 4 is 11.9 Å². The van der Waals surface area contributed by atoms with Crippen molar-refractivity contribution in [2.45, 2.75) is 40.5 Å². The summed E-state index contributed by atoms with van der Waals surface area (Å²) in [5, 5.41) is 15.2. The molecule has 0 amide bonds. The molecule has 0 radical (unpaired) electrons. The van der Waals surface area contributed by atoms with Crippen LogP contribution in [0.2, 0.25) is 0 Å². The number of carbonyl (C=O) groups excluding carboxylic acids is 2. The van der Waals surface area contributed by atoms with E-state index in [9.17, 15) is 9.59 Å². The Bertz CT molecular complexity index is 287. The molecular formula is C16H30O6. The first-order valence-corrected chi connectivity index (χ1v) is 7.15. The molecule has 22 heavy (non-hydrogen) atoms. The summed E-state index contributed by atoms with van der Waals surface area (Å²) < 4.78 is 9.38. The number of hydrogen-bond donors (Lipinski definition) is 2. The molecule has 0 spiro atoms. The average Bonchev–Trinajstić information content (AvgIpc) is 2.51. The third kappa shape index (κ3) is 23.4. The number of unbranched alkanes of at least 4 members (excludes halogenated alkanes) is 1. The molecule has 0 heterocycles. The van der Waals surface area contributed by atoms with E-state index >= 15 is 0 Å². The van der Waals surface area contributed by atoms with Crippen molar-refractivity contribution in [3.05, 3.63) is 24.3 Å². The highest BCUT2D eigenvalue weighted by Gasteiger charge is 2.05. The van der Waals surface area contributed by atoms with Crippen molar-refractivity contribution < 1.29 is 29.3 Å². The summed E-state index contributed by atoms with van der Waals surface area (Å²) in [5.74, 6) is -0.979. The molecule has 0 fully saturated rings. The number of ether oxygens (including phenoxy) is 2. The normalized spacial score (nSPS) is 8.45. The minimum atomic E-state index is -0.489. The standard InChI is InChI=1S/C10H14O4.C4H10.C2H6O2/c1-7(2)9(11)13-5-6-14-10(12)8(3)4;1-3-4-2;3-1-2-4/h1,3,5-6H2,2,4H3;3-4H2,1-2H3;3-4H,1-2H2. The summed E-state index contributed by atoms with van der Waals surface area (Å²) in [6.45, 7) is 14.1. The molecule has 0 aliphatic heterocycles. The third-order valence-corrected chi connectivity index (χ3v) is 1.85. The molecule has 2 N–H and O–H groups in total. The van der Waals surface area contributed by atoms with Crippen LogP contribution in [0.5, 0.6) is 0 Å². The number of aliphatic hydroxyl groups excluding tert-OH is 2. The lowest BCUT2D eigenvalue weighted by Gasteiger charge is -2.05. The van der Waals surface area contributed by atoms with Gasteiger partial charge in [-0.3, -0.25) is 0 Å². The molecule has 6 nitrogen and oxygen atoms in total. The van der Waals surface area contributed by atoms with E-state index in [-0.39, 0.29) is 26.4 Å². The van der Waals surface area contributed by atoms with Crippen LogP contribution in [0.25, 0.3) is 0 Å². The van der Waals surface area contributed by atoms with E-state index in [2.05, 4.69) is 36.5 Å². The zero-order valence-electron chi connectivity index (χ0n) is 14.2. The second-order valence-corrected chi connectivity index (χ2v) is 4.28. The van der Waals surface area contributed by atoms with Crippen LogP contribution < -0.4 is 0 Å². The van der Waals surface area contributed by atoms with E-state index in [1.54, 1.807) is 13.8 Å². The Balaban J connectivity index is -0.000000372. The predicted molar refractivity (Wildman–Crippen MR) is 86.3 cm³/mol.